The first-order valence-corrected chi connectivity index (χ1v) is 10.7. The van der Waals surface area contributed by atoms with Crippen LogP contribution in [0.1, 0.15) is 22.7 Å². The van der Waals surface area contributed by atoms with E-state index in [9.17, 15) is 19.8 Å². The predicted molar refractivity (Wildman–Crippen MR) is 127 cm³/mol. The summed E-state index contributed by atoms with van der Waals surface area (Å²) >= 11 is 12.2. The molecule has 1 amide bonds. The molecule has 0 radical (unpaired) electrons. The Morgan fingerprint density at radius 1 is 0.970 bits per heavy atom. The number of aliphatic hydroxyl groups excluding tert-OH is 1. The van der Waals surface area contributed by atoms with Gasteiger partial charge in [0.2, 0.25) is 0 Å². The molecule has 6 nitrogen and oxygen atoms in total. The van der Waals surface area contributed by atoms with Gasteiger partial charge in [-0.3, -0.25) is 14.5 Å². The average molecular weight is 484 g/mol. The molecule has 1 atom stereocenters. The number of hydrogen-bond acceptors (Lipinski definition) is 5. The number of anilines is 1. The Morgan fingerprint density at radius 2 is 1.67 bits per heavy atom. The SMILES string of the molecule is COc1ccc(/C(O)=C2\C(=O)C(=O)N(c3ccc(Cl)c(Cl)c3)C2c2ccc(O)cc2)cc1C. The molecule has 1 unspecified atom stereocenters. The van der Waals surface area contributed by atoms with Crippen LogP contribution in [0.3, 0.4) is 0 Å². The molecular formula is C25H19Cl2NO5. The summed E-state index contributed by atoms with van der Waals surface area (Å²) in [6.45, 7) is 1.81. The first-order chi connectivity index (χ1) is 15.7. The molecule has 1 aliphatic rings. The van der Waals surface area contributed by atoms with Gasteiger partial charge in [0.1, 0.15) is 17.3 Å². The van der Waals surface area contributed by atoms with Crippen molar-refractivity contribution in [2.75, 3.05) is 12.0 Å². The van der Waals surface area contributed by atoms with Crippen molar-refractivity contribution in [1.29, 1.82) is 0 Å². The number of phenolic OH excluding ortho intramolecular Hbond substituents is 1. The van der Waals surface area contributed by atoms with Crippen molar-refractivity contribution in [3.63, 3.8) is 0 Å². The minimum Gasteiger partial charge on any atom is -0.508 e. The van der Waals surface area contributed by atoms with Gasteiger partial charge in [0.05, 0.1) is 28.8 Å². The smallest absolute Gasteiger partial charge is 0.300 e. The molecule has 4 rings (SSSR count). The molecule has 3 aromatic rings. The summed E-state index contributed by atoms with van der Waals surface area (Å²) < 4.78 is 5.27. The maximum absolute atomic E-state index is 13.2. The predicted octanol–water partition coefficient (Wildman–Crippen LogP) is 5.64. The number of ketones is 1. The van der Waals surface area contributed by atoms with Crippen molar-refractivity contribution in [2.24, 2.45) is 0 Å². The van der Waals surface area contributed by atoms with Gasteiger partial charge in [0.25, 0.3) is 11.7 Å². The van der Waals surface area contributed by atoms with Gasteiger partial charge >= 0.3 is 0 Å². The van der Waals surface area contributed by atoms with Gasteiger partial charge < -0.3 is 14.9 Å². The number of aryl methyl sites for hydroxylation is 1. The van der Waals surface area contributed by atoms with E-state index in [-0.39, 0.29) is 22.1 Å². The normalized spacial score (nSPS) is 17.5. The lowest BCUT2D eigenvalue weighted by atomic mass is 9.94. The van der Waals surface area contributed by atoms with Gasteiger partial charge in [0, 0.05) is 11.3 Å². The van der Waals surface area contributed by atoms with Gasteiger partial charge in [-0.25, -0.2) is 0 Å². The zero-order chi connectivity index (χ0) is 23.9. The highest BCUT2D eigenvalue weighted by Gasteiger charge is 2.47. The van der Waals surface area contributed by atoms with Gasteiger partial charge in [-0.2, -0.15) is 0 Å². The fourth-order valence-corrected chi connectivity index (χ4v) is 4.18. The van der Waals surface area contributed by atoms with Crippen LogP contribution in [-0.2, 0) is 9.59 Å². The molecule has 1 heterocycles. The van der Waals surface area contributed by atoms with Crippen LogP contribution in [0.25, 0.3) is 5.76 Å². The number of nitrogens with zero attached hydrogens (tertiary/aromatic N) is 1. The Labute approximate surface area is 200 Å². The molecule has 1 aliphatic heterocycles. The molecule has 0 spiro atoms. The summed E-state index contributed by atoms with van der Waals surface area (Å²) in [5.41, 5.74) is 1.89. The van der Waals surface area contributed by atoms with Crippen molar-refractivity contribution < 1.29 is 24.5 Å². The minimum absolute atomic E-state index is 0.0241. The summed E-state index contributed by atoms with van der Waals surface area (Å²) in [5.74, 6) is -1.34. The fraction of sp³-hybridized carbons (Fsp3) is 0.120. The Balaban J connectivity index is 1.94. The number of carbonyl (C=O) groups excluding carboxylic acids is 2. The molecule has 8 heteroatoms. The number of hydrogen-bond donors (Lipinski definition) is 2. The topological polar surface area (TPSA) is 87.1 Å². The van der Waals surface area contributed by atoms with Crippen LogP contribution in [0.5, 0.6) is 11.5 Å². The van der Waals surface area contributed by atoms with E-state index >= 15 is 0 Å². The molecule has 0 saturated carbocycles. The Hall–Kier alpha value is -3.48. The number of halogens is 2. The van der Waals surface area contributed by atoms with Crippen LogP contribution in [0.4, 0.5) is 5.69 Å². The standard InChI is InChI=1S/C25H19Cl2NO5/c1-13-11-15(5-10-20(13)33-2)23(30)21-22(14-3-7-17(29)8-4-14)28(25(32)24(21)31)16-6-9-18(26)19(27)12-16/h3-12,22,29-30H,1-2H3/b23-21+. The Morgan fingerprint density at radius 3 is 2.27 bits per heavy atom. The van der Waals surface area contributed by atoms with E-state index in [4.69, 9.17) is 27.9 Å². The zero-order valence-electron chi connectivity index (χ0n) is 17.7. The second kappa shape index (κ2) is 8.81. The summed E-state index contributed by atoms with van der Waals surface area (Å²) in [7, 11) is 1.54. The average Bonchev–Trinajstić information content (AvgIpc) is 3.06. The highest BCUT2D eigenvalue weighted by Crippen LogP contribution is 2.43. The lowest BCUT2D eigenvalue weighted by Gasteiger charge is -2.25. The third-order valence-corrected chi connectivity index (χ3v) is 6.24. The number of phenols is 1. The molecule has 0 bridgehead atoms. The molecule has 33 heavy (non-hydrogen) atoms. The highest BCUT2D eigenvalue weighted by atomic mass is 35.5. The highest BCUT2D eigenvalue weighted by molar-refractivity contribution is 6.52. The van der Waals surface area contributed by atoms with E-state index in [0.29, 0.717) is 27.6 Å². The maximum Gasteiger partial charge on any atom is 0.300 e. The first-order valence-electron chi connectivity index (χ1n) is 9.93. The molecule has 0 aromatic heterocycles. The first kappa shape index (κ1) is 22.7. The number of aromatic hydroxyl groups is 1. The number of ether oxygens (including phenoxy) is 1. The second-order valence-corrected chi connectivity index (χ2v) is 8.36. The number of methoxy groups -OCH3 is 1. The number of aliphatic hydroxyl groups is 1. The van der Waals surface area contributed by atoms with Crippen LogP contribution < -0.4 is 9.64 Å². The van der Waals surface area contributed by atoms with Crippen molar-refractivity contribution in [3.8, 4) is 11.5 Å². The molecule has 168 valence electrons. The van der Waals surface area contributed by atoms with Gasteiger partial charge in [-0.15, -0.1) is 0 Å². The van der Waals surface area contributed by atoms with Gasteiger partial charge in [-0.05, 0) is 66.6 Å². The van der Waals surface area contributed by atoms with Gasteiger partial charge in [0.15, 0.2) is 0 Å². The summed E-state index contributed by atoms with van der Waals surface area (Å²) in [4.78, 5) is 27.6. The van der Waals surface area contributed by atoms with E-state index in [1.165, 1.54) is 36.3 Å². The van der Waals surface area contributed by atoms with Crippen molar-refractivity contribution in [2.45, 2.75) is 13.0 Å². The summed E-state index contributed by atoms with van der Waals surface area (Å²) in [5, 5.41) is 21.4. The number of Topliss-reactive ketones (excluding diaryl/α,β-unsaturated/α-hetero) is 1. The maximum atomic E-state index is 13.2. The number of rotatable bonds is 4. The molecule has 1 saturated heterocycles. The third-order valence-electron chi connectivity index (χ3n) is 5.50. The third kappa shape index (κ3) is 4.03. The van der Waals surface area contributed by atoms with Crippen LogP contribution >= 0.6 is 23.2 Å². The quantitative estimate of drug-likeness (QED) is 0.284. The van der Waals surface area contributed by atoms with Crippen LogP contribution in [0.15, 0.2) is 66.2 Å². The lowest BCUT2D eigenvalue weighted by Crippen LogP contribution is -2.29. The Bertz CT molecular complexity index is 1300. The van der Waals surface area contributed by atoms with E-state index in [1.807, 2.05) is 0 Å². The van der Waals surface area contributed by atoms with Gasteiger partial charge in [-0.1, -0.05) is 35.3 Å². The van der Waals surface area contributed by atoms with Crippen LogP contribution in [0, 0.1) is 6.92 Å². The molecule has 3 aromatic carbocycles. The van der Waals surface area contributed by atoms with E-state index in [1.54, 1.807) is 43.3 Å². The summed E-state index contributed by atoms with van der Waals surface area (Å²) in [6.07, 6.45) is 0. The fourth-order valence-electron chi connectivity index (χ4n) is 3.89. The lowest BCUT2D eigenvalue weighted by molar-refractivity contribution is -0.132. The van der Waals surface area contributed by atoms with E-state index < -0.39 is 17.7 Å². The van der Waals surface area contributed by atoms with Crippen molar-refractivity contribution in [3.05, 3.63) is 93.0 Å². The van der Waals surface area contributed by atoms with E-state index in [0.717, 1.165) is 5.56 Å². The van der Waals surface area contributed by atoms with E-state index in [2.05, 4.69) is 0 Å². The number of amides is 1. The Kier molecular flexibility index (Phi) is 6.06. The second-order valence-electron chi connectivity index (χ2n) is 7.54. The molecule has 1 fully saturated rings. The molecule has 0 aliphatic carbocycles. The minimum atomic E-state index is -0.953. The van der Waals surface area contributed by atoms with Crippen molar-refractivity contribution in [1.82, 2.24) is 0 Å². The monoisotopic (exact) mass is 483 g/mol. The van der Waals surface area contributed by atoms with Crippen molar-refractivity contribution >= 4 is 46.3 Å². The zero-order valence-corrected chi connectivity index (χ0v) is 19.2. The largest absolute Gasteiger partial charge is 0.508 e. The summed E-state index contributed by atoms with van der Waals surface area (Å²) in [6, 6.07) is 14.7. The molecule has 2 N–H and O–H groups in total. The van der Waals surface area contributed by atoms with Crippen LogP contribution in [0.2, 0.25) is 10.0 Å². The molecular weight excluding hydrogens is 465 g/mol. The number of benzene rings is 3. The van der Waals surface area contributed by atoms with Crippen LogP contribution in [-0.4, -0.2) is 29.0 Å². The number of carbonyl (C=O) groups is 2.